The normalized spacial score (nSPS) is 12.0. The van der Waals surface area contributed by atoms with Crippen molar-refractivity contribution in [1.29, 1.82) is 0 Å². The fourth-order valence-corrected chi connectivity index (χ4v) is 5.90. The van der Waals surface area contributed by atoms with E-state index in [1.54, 1.807) is 63.2 Å². The summed E-state index contributed by atoms with van der Waals surface area (Å²) in [5.74, 6) is -0.459. The van der Waals surface area contributed by atoms with Crippen molar-refractivity contribution >= 4 is 50.7 Å². The molecular formula is C30H35Cl2N3O6S. The molecule has 0 aliphatic heterocycles. The van der Waals surface area contributed by atoms with Gasteiger partial charge in [-0.2, -0.15) is 0 Å². The summed E-state index contributed by atoms with van der Waals surface area (Å²) in [6.07, 6.45) is 0. The Morgan fingerprint density at radius 1 is 0.905 bits per heavy atom. The largest absolute Gasteiger partial charge is 0.497 e. The topological polar surface area (TPSA) is 105 Å². The Labute approximate surface area is 257 Å². The molecule has 1 atom stereocenters. The van der Waals surface area contributed by atoms with Crippen LogP contribution in [-0.4, -0.2) is 58.0 Å². The van der Waals surface area contributed by atoms with Crippen LogP contribution in [0.2, 0.25) is 10.0 Å². The molecule has 12 heteroatoms. The van der Waals surface area contributed by atoms with Gasteiger partial charge >= 0.3 is 0 Å². The van der Waals surface area contributed by atoms with Gasteiger partial charge in [-0.05, 0) is 69.7 Å². The van der Waals surface area contributed by atoms with E-state index in [-0.39, 0.29) is 33.9 Å². The first kappa shape index (κ1) is 33.0. The molecular weight excluding hydrogens is 601 g/mol. The van der Waals surface area contributed by atoms with E-state index in [1.807, 2.05) is 6.92 Å². The molecule has 0 aliphatic carbocycles. The van der Waals surface area contributed by atoms with Gasteiger partial charge in [-0.15, -0.1) is 0 Å². The van der Waals surface area contributed by atoms with Gasteiger partial charge in [-0.25, -0.2) is 8.42 Å². The van der Waals surface area contributed by atoms with Crippen LogP contribution in [-0.2, 0) is 26.2 Å². The summed E-state index contributed by atoms with van der Waals surface area (Å²) in [4.78, 5) is 28.5. The van der Waals surface area contributed by atoms with Crippen LogP contribution < -0.4 is 19.1 Å². The third-order valence-corrected chi connectivity index (χ3v) is 8.99. The number of benzene rings is 3. The van der Waals surface area contributed by atoms with Gasteiger partial charge in [0.2, 0.25) is 11.8 Å². The number of hydrogen-bond donors (Lipinski definition) is 1. The lowest BCUT2D eigenvalue weighted by atomic mass is 10.1. The molecule has 3 aromatic rings. The van der Waals surface area contributed by atoms with Crippen LogP contribution in [0.4, 0.5) is 5.69 Å². The molecule has 1 N–H and O–H groups in total. The second-order valence-electron chi connectivity index (χ2n) is 9.97. The van der Waals surface area contributed by atoms with E-state index >= 15 is 0 Å². The Balaban J connectivity index is 2.13. The van der Waals surface area contributed by atoms with Crippen molar-refractivity contribution in [2.75, 3.05) is 25.1 Å². The van der Waals surface area contributed by atoms with E-state index in [9.17, 15) is 18.0 Å². The van der Waals surface area contributed by atoms with Crippen molar-refractivity contribution in [1.82, 2.24) is 10.2 Å². The first-order chi connectivity index (χ1) is 19.8. The van der Waals surface area contributed by atoms with Crippen LogP contribution in [0.1, 0.15) is 31.9 Å². The highest BCUT2D eigenvalue weighted by atomic mass is 35.5. The molecule has 1 unspecified atom stereocenters. The highest BCUT2D eigenvalue weighted by Crippen LogP contribution is 2.36. The third kappa shape index (κ3) is 7.87. The lowest BCUT2D eigenvalue weighted by Crippen LogP contribution is -2.52. The smallest absolute Gasteiger partial charge is 0.264 e. The van der Waals surface area contributed by atoms with Crippen molar-refractivity contribution < 1.29 is 27.5 Å². The average Bonchev–Trinajstić information content (AvgIpc) is 2.95. The van der Waals surface area contributed by atoms with E-state index < -0.39 is 34.4 Å². The molecule has 0 fully saturated rings. The summed E-state index contributed by atoms with van der Waals surface area (Å²) in [7, 11) is -1.45. The zero-order valence-corrected chi connectivity index (χ0v) is 26.7. The summed E-state index contributed by atoms with van der Waals surface area (Å²) >= 11 is 12.3. The Bertz CT molecular complexity index is 1530. The zero-order chi connectivity index (χ0) is 31.2. The monoisotopic (exact) mass is 635 g/mol. The number of nitrogens with zero attached hydrogens (tertiary/aromatic N) is 2. The van der Waals surface area contributed by atoms with Gasteiger partial charge in [0.15, 0.2) is 0 Å². The number of sulfonamides is 1. The van der Waals surface area contributed by atoms with Crippen LogP contribution in [0.15, 0.2) is 65.6 Å². The summed E-state index contributed by atoms with van der Waals surface area (Å²) < 4.78 is 40.0. The van der Waals surface area contributed by atoms with Crippen LogP contribution >= 0.6 is 23.2 Å². The summed E-state index contributed by atoms with van der Waals surface area (Å²) in [6, 6.07) is 14.7. The number of ether oxygens (including phenoxy) is 2. The molecule has 3 aromatic carbocycles. The van der Waals surface area contributed by atoms with Crippen molar-refractivity contribution in [2.24, 2.45) is 0 Å². The number of carbonyl (C=O) groups is 2. The minimum absolute atomic E-state index is 0.0209. The third-order valence-electron chi connectivity index (χ3n) is 6.48. The number of carbonyl (C=O) groups excluding carboxylic acids is 2. The Kier molecular flexibility index (Phi) is 11.1. The van der Waals surface area contributed by atoms with Gasteiger partial charge in [0, 0.05) is 18.7 Å². The van der Waals surface area contributed by atoms with Crippen LogP contribution in [0, 0.1) is 6.92 Å². The number of anilines is 1. The van der Waals surface area contributed by atoms with Gasteiger partial charge in [0.1, 0.15) is 24.1 Å². The summed E-state index contributed by atoms with van der Waals surface area (Å²) in [5.41, 5.74) is 1.57. The SMILES string of the molecule is COc1ccc(OC)c(N(CC(=O)N(Cc2ccc(Cl)c(Cl)c2)C(C)C(=O)NC(C)C)S(=O)(=O)c2ccc(C)cc2)c1. The van der Waals surface area contributed by atoms with Crippen molar-refractivity contribution in [2.45, 2.75) is 51.2 Å². The maximum atomic E-state index is 14.1. The van der Waals surface area contributed by atoms with Gasteiger partial charge < -0.3 is 19.7 Å². The van der Waals surface area contributed by atoms with E-state index in [0.717, 1.165) is 9.87 Å². The first-order valence-corrected chi connectivity index (χ1v) is 15.3. The van der Waals surface area contributed by atoms with E-state index in [1.165, 1.54) is 37.3 Å². The number of methoxy groups -OCH3 is 2. The van der Waals surface area contributed by atoms with Crippen LogP contribution in [0.3, 0.4) is 0 Å². The Morgan fingerprint density at radius 3 is 2.14 bits per heavy atom. The minimum atomic E-state index is -4.30. The number of amides is 2. The molecule has 0 saturated heterocycles. The average molecular weight is 637 g/mol. The molecule has 2 amide bonds. The molecule has 226 valence electrons. The number of hydrogen-bond acceptors (Lipinski definition) is 6. The van der Waals surface area contributed by atoms with Crippen LogP contribution in [0.25, 0.3) is 0 Å². The number of rotatable bonds is 12. The molecule has 0 saturated carbocycles. The molecule has 0 aliphatic rings. The predicted octanol–water partition coefficient (Wildman–Crippen LogP) is 5.46. The highest BCUT2D eigenvalue weighted by molar-refractivity contribution is 7.92. The minimum Gasteiger partial charge on any atom is -0.497 e. The lowest BCUT2D eigenvalue weighted by Gasteiger charge is -2.32. The molecule has 0 aromatic heterocycles. The van der Waals surface area contributed by atoms with Crippen LogP contribution in [0.5, 0.6) is 11.5 Å². The molecule has 0 spiro atoms. The maximum absolute atomic E-state index is 14.1. The Morgan fingerprint density at radius 2 is 1.57 bits per heavy atom. The zero-order valence-electron chi connectivity index (χ0n) is 24.4. The predicted molar refractivity (Wildman–Crippen MR) is 165 cm³/mol. The molecule has 42 heavy (non-hydrogen) atoms. The molecule has 0 radical (unpaired) electrons. The summed E-state index contributed by atoms with van der Waals surface area (Å²) in [6.45, 7) is 6.36. The second kappa shape index (κ2) is 14.1. The summed E-state index contributed by atoms with van der Waals surface area (Å²) in [5, 5.41) is 3.44. The van der Waals surface area contributed by atoms with Gasteiger partial charge in [-0.1, -0.05) is 47.0 Å². The van der Waals surface area contributed by atoms with Gasteiger partial charge in [0.25, 0.3) is 10.0 Å². The van der Waals surface area contributed by atoms with E-state index in [0.29, 0.717) is 16.3 Å². The number of nitrogens with one attached hydrogen (secondary N) is 1. The van der Waals surface area contributed by atoms with Gasteiger partial charge in [0.05, 0.1) is 34.8 Å². The quantitative estimate of drug-likeness (QED) is 0.283. The fraction of sp³-hybridized carbons (Fsp3) is 0.333. The second-order valence-corrected chi connectivity index (χ2v) is 12.6. The molecule has 3 rings (SSSR count). The van der Waals surface area contributed by atoms with E-state index in [2.05, 4.69) is 5.32 Å². The first-order valence-electron chi connectivity index (χ1n) is 13.1. The number of aryl methyl sites for hydroxylation is 1. The molecule has 0 bridgehead atoms. The van der Waals surface area contributed by atoms with Crippen molar-refractivity contribution in [3.8, 4) is 11.5 Å². The van der Waals surface area contributed by atoms with E-state index in [4.69, 9.17) is 32.7 Å². The van der Waals surface area contributed by atoms with Crippen molar-refractivity contribution in [3.05, 3.63) is 81.8 Å². The Hall–Kier alpha value is -3.47. The van der Waals surface area contributed by atoms with Gasteiger partial charge in [-0.3, -0.25) is 13.9 Å². The lowest BCUT2D eigenvalue weighted by molar-refractivity contribution is -0.139. The molecule has 0 heterocycles. The fourth-order valence-electron chi connectivity index (χ4n) is 4.16. The number of halogens is 2. The standard InChI is InChI=1S/C30H35Cl2N3O6S/c1-19(2)33-30(37)21(4)34(17-22-9-13-25(31)26(32)15-22)29(36)18-35(27-16-23(40-5)10-14-28(27)41-6)42(38,39)24-11-7-20(3)8-12-24/h7-16,19,21H,17-18H2,1-6H3,(H,33,37). The maximum Gasteiger partial charge on any atom is 0.264 e. The van der Waals surface area contributed by atoms with Crippen molar-refractivity contribution in [3.63, 3.8) is 0 Å². The highest BCUT2D eigenvalue weighted by Gasteiger charge is 2.34. The molecule has 9 nitrogen and oxygen atoms in total.